The summed E-state index contributed by atoms with van der Waals surface area (Å²) in [5.41, 5.74) is 2.85. The Morgan fingerprint density at radius 3 is 2.75 bits per heavy atom. The minimum absolute atomic E-state index is 0.197. The SMILES string of the molecule is CCOC(=O)CNn1cccc1. The Morgan fingerprint density at radius 1 is 1.50 bits per heavy atom. The van der Waals surface area contributed by atoms with Crippen LogP contribution in [0.25, 0.3) is 0 Å². The summed E-state index contributed by atoms with van der Waals surface area (Å²) in [4.78, 5) is 10.8. The van der Waals surface area contributed by atoms with E-state index in [4.69, 9.17) is 4.74 Å². The van der Waals surface area contributed by atoms with Gasteiger partial charge in [-0.3, -0.25) is 9.47 Å². The molecule has 0 saturated carbocycles. The molecule has 0 aliphatic heterocycles. The van der Waals surface area contributed by atoms with Gasteiger partial charge in [0.1, 0.15) is 6.54 Å². The third-order valence-electron chi connectivity index (χ3n) is 1.32. The van der Waals surface area contributed by atoms with Crippen molar-refractivity contribution < 1.29 is 9.53 Å². The van der Waals surface area contributed by atoms with Gasteiger partial charge in [0.2, 0.25) is 0 Å². The summed E-state index contributed by atoms with van der Waals surface area (Å²) < 4.78 is 6.43. The highest BCUT2D eigenvalue weighted by Crippen LogP contribution is 1.85. The van der Waals surface area contributed by atoms with Crippen molar-refractivity contribution in [3.8, 4) is 0 Å². The topological polar surface area (TPSA) is 43.3 Å². The average Bonchev–Trinajstić information content (AvgIpc) is 2.53. The fourth-order valence-corrected chi connectivity index (χ4v) is 0.808. The van der Waals surface area contributed by atoms with Gasteiger partial charge in [-0.05, 0) is 19.1 Å². The maximum Gasteiger partial charge on any atom is 0.326 e. The molecular weight excluding hydrogens is 156 g/mol. The molecule has 0 unspecified atom stereocenters. The quantitative estimate of drug-likeness (QED) is 0.669. The molecule has 4 heteroatoms. The molecule has 1 rings (SSSR count). The van der Waals surface area contributed by atoms with Crippen molar-refractivity contribution in [2.24, 2.45) is 0 Å². The first-order valence-electron chi connectivity index (χ1n) is 3.85. The van der Waals surface area contributed by atoms with Crippen LogP contribution < -0.4 is 5.43 Å². The molecule has 0 amide bonds. The molecule has 4 nitrogen and oxygen atoms in total. The molecule has 0 aliphatic carbocycles. The number of hydrogen-bond donors (Lipinski definition) is 1. The van der Waals surface area contributed by atoms with Crippen LogP contribution in [0, 0.1) is 0 Å². The van der Waals surface area contributed by atoms with Gasteiger partial charge in [-0.15, -0.1) is 0 Å². The summed E-state index contributed by atoms with van der Waals surface area (Å²) in [5.74, 6) is -0.244. The van der Waals surface area contributed by atoms with Crippen LogP contribution in [0.3, 0.4) is 0 Å². The number of nitrogens with one attached hydrogen (secondary N) is 1. The lowest BCUT2D eigenvalue weighted by atomic mass is 10.7. The van der Waals surface area contributed by atoms with Crippen LogP contribution in [0.5, 0.6) is 0 Å². The van der Waals surface area contributed by atoms with Gasteiger partial charge in [0.05, 0.1) is 6.61 Å². The van der Waals surface area contributed by atoms with Crippen molar-refractivity contribution >= 4 is 5.97 Å². The molecule has 66 valence electrons. The second-order valence-corrected chi connectivity index (χ2v) is 2.23. The van der Waals surface area contributed by atoms with Gasteiger partial charge in [0.25, 0.3) is 0 Å². The van der Waals surface area contributed by atoms with Crippen LogP contribution in [0.15, 0.2) is 24.5 Å². The molecular formula is C8H12N2O2. The molecule has 0 aromatic carbocycles. The molecule has 12 heavy (non-hydrogen) atoms. The molecule has 0 bridgehead atoms. The normalized spacial score (nSPS) is 9.42. The molecule has 0 spiro atoms. The van der Waals surface area contributed by atoms with Gasteiger partial charge in [-0.25, -0.2) is 0 Å². The molecule has 1 aromatic heterocycles. The lowest BCUT2D eigenvalue weighted by Crippen LogP contribution is -2.22. The molecule has 0 radical (unpaired) electrons. The van der Waals surface area contributed by atoms with E-state index >= 15 is 0 Å². The zero-order valence-corrected chi connectivity index (χ0v) is 6.99. The number of ether oxygens (including phenoxy) is 1. The number of nitrogens with zero attached hydrogens (tertiary/aromatic N) is 1. The lowest BCUT2D eigenvalue weighted by molar-refractivity contribution is -0.141. The summed E-state index contributed by atoms with van der Waals surface area (Å²) in [5, 5.41) is 0. The fourth-order valence-electron chi connectivity index (χ4n) is 0.808. The van der Waals surface area contributed by atoms with Gasteiger partial charge in [0, 0.05) is 12.4 Å². The fraction of sp³-hybridized carbons (Fsp3) is 0.375. The van der Waals surface area contributed by atoms with E-state index in [9.17, 15) is 4.79 Å². The third kappa shape index (κ3) is 2.65. The van der Waals surface area contributed by atoms with Crippen LogP contribution in [0.2, 0.25) is 0 Å². The van der Waals surface area contributed by atoms with Crippen molar-refractivity contribution in [3.63, 3.8) is 0 Å². The van der Waals surface area contributed by atoms with Gasteiger partial charge in [0.15, 0.2) is 0 Å². The van der Waals surface area contributed by atoms with E-state index in [-0.39, 0.29) is 12.5 Å². The highest BCUT2D eigenvalue weighted by atomic mass is 16.5. The minimum Gasteiger partial charge on any atom is -0.465 e. The van der Waals surface area contributed by atoms with Gasteiger partial charge in [-0.1, -0.05) is 0 Å². The molecule has 1 N–H and O–H groups in total. The number of aromatic nitrogens is 1. The maximum atomic E-state index is 10.8. The first-order chi connectivity index (χ1) is 5.83. The average molecular weight is 168 g/mol. The minimum atomic E-state index is -0.244. The summed E-state index contributed by atoms with van der Waals surface area (Å²) in [7, 11) is 0. The number of carbonyl (C=O) groups is 1. The zero-order valence-electron chi connectivity index (χ0n) is 6.99. The molecule has 0 aliphatic rings. The second kappa shape index (κ2) is 4.43. The Labute approximate surface area is 71.1 Å². The third-order valence-corrected chi connectivity index (χ3v) is 1.32. The monoisotopic (exact) mass is 168 g/mol. The van der Waals surface area contributed by atoms with E-state index in [1.165, 1.54) is 0 Å². The molecule has 0 atom stereocenters. The maximum absolute atomic E-state index is 10.8. The highest BCUT2D eigenvalue weighted by Gasteiger charge is 1.98. The van der Waals surface area contributed by atoms with E-state index in [1.54, 1.807) is 11.6 Å². The zero-order chi connectivity index (χ0) is 8.81. The van der Waals surface area contributed by atoms with Crippen molar-refractivity contribution in [2.75, 3.05) is 18.6 Å². The Balaban J connectivity index is 2.22. The van der Waals surface area contributed by atoms with Gasteiger partial charge in [-0.2, -0.15) is 0 Å². The van der Waals surface area contributed by atoms with Crippen LogP contribution in [0.1, 0.15) is 6.92 Å². The largest absolute Gasteiger partial charge is 0.465 e. The Bertz CT molecular complexity index is 231. The summed E-state index contributed by atoms with van der Waals surface area (Å²) in [6.07, 6.45) is 3.64. The standard InChI is InChI=1S/C8H12N2O2/c1-2-12-8(11)7-9-10-5-3-4-6-10/h3-6,9H,2,7H2,1H3. The summed E-state index contributed by atoms with van der Waals surface area (Å²) in [6.45, 7) is 2.41. The predicted octanol–water partition coefficient (Wildman–Crippen LogP) is 0.595. The van der Waals surface area contributed by atoms with Crippen molar-refractivity contribution in [1.29, 1.82) is 0 Å². The summed E-state index contributed by atoms with van der Waals surface area (Å²) >= 11 is 0. The summed E-state index contributed by atoms with van der Waals surface area (Å²) in [6, 6.07) is 3.75. The van der Waals surface area contributed by atoms with Gasteiger partial charge < -0.3 is 10.2 Å². The number of hydrogen-bond acceptors (Lipinski definition) is 3. The lowest BCUT2D eigenvalue weighted by Gasteiger charge is -2.05. The Kier molecular flexibility index (Phi) is 3.19. The molecule has 0 saturated heterocycles. The van der Waals surface area contributed by atoms with E-state index in [2.05, 4.69) is 5.43 Å². The molecule has 1 heterocycles. The number of esters is 1. The van der Waals surface area contributed by atoms with Crippen molar-refractivity contribution in [1.82, 2.24) is 4.68 Å². The van der Waals surface area contributed by atoms with Crippen molar-refractivity contribution in [3.05, 3.63) is 24.5 Å². The molecule has 1 aromatic rings. The van der Waals surface area contributed by atoms with E-state index in [1.807, 2.05) is 24.5 Å². The Hall–Kier alpha value is -1.45. The van der Waals surface area contributed by atoms with Crippen LogP contribution in [-0.4, -0.2) is 23.8 Å². The first-order valence-corrected chi connectivity index (χ1v) is 3.85. The van der Waals surface area contributed by atoms with E-state index in [0.717, 1.165) is 0 Å². The highest BCUT2D eigenvalue weighted by molar-refractivity contribution is 5.72. The second-order valence-electron chi connectivity index (χ2n) is 2.23. The first kappa shape index (κ1) is 8.64. The number of rotatable bonds is 4. The van der Waals surface area contributed by atoms with E-state index < -0.39 is 0 Å². The van der Waals surface area contributed by atoms with Crippen LogP contribution >= 0.6 is 0 Å². The van der Waals surface area contributed by atoms with Gasteiger partial charge >= 0.3 is 5.97 Å². The number of carbonyl (C=O) groups excluding carboxylic acids is 1. The van der Waals surface area contributed by atoms with Crippen LogP contribution in [-0.2, 0) is 9.53 Å². The van der Waals surface area contributed by atoms with Crippen LogP contribution in [0.4, 0.5) is 0 Å². The smallest absolute Gasteiger partial charge is 0.326 e. The Morgan fingerprint density at radius 2 is 2.17 bits per heavy atom. The predicted molar refractivity (Wildman–Crippen MR) is 45.3 cm³/mol. The molecule has 0 fully saturated rings. The van der Waals surface area contributed by atoms with E-state index in [0.29, 0.717) is 6.61 Å². The van der Waals surface area contributed by atoms with Crippen molar-refractivity contribution in [2.45, 2.75) is 6.92 Å².